The summed E-state index contributed by atoms with van der Waals surface area (Å²) in [7, 11) is 0. The summed E-state index contributed by atoms with van der Waals surface area (Å²) in [6.07, 6.45) is 3.13. The average Bonchev–Trinajstić information content (AvgIpc) is 3.16. The zero-order valence-corrected chi connectivity index (χ0v) is 14.9. The van der Waals surface area contributed by atoms with Gasteiger partial charge in [-0.1, -0.05) is 35.9 Å². The van der Waals surface area contributed by atoms with Gasteiger partial charge in [0.15, 0.2) is 5.76 Å². The van der Waals surface area contributed by atoms with E-state index in [1.165, 1.54) is 6.26 Å². The molecule has 0 spiro atoms. The van der Waals surface area contributed by atoms with Crippen LogP contribution >= 0.6 is 11.6 Å². The van der Waals surface area contributed by atoms with E-state index in [0.717, 1.165) is 11.1 Å². The highest BCUT2D eigenvalue weighted by Gasteiger charge is 2.18. The number of fused-ring (bicyclic) bond motifs is 1. The van der Waals surface area contributed by atoms with E-state index in [0.29, 0.717) is 21.8 Å². The van der Waals surface area contributed by atoms with Crippen molar-refractivity contribution >= 4 is 34.1 Å². The predicted molar refractivity (Wildman–Crippen MR) is 104 cm³/mol. The summed E-state index contributed by atoms with van der Waals surface area (Å²) >= 11 is 6.16. The zero-order chi connectivity index (χ0) is 18.6. The lowest BCUT2D eigenvalue weighted by Gasteiger charge is -2.09. The monoisotopic (exact) mass is 378 g/mol. The number of hydrogen-bond acceptors (Lipinski definition) is 4. The minimum atomic E-state index is -0.388. The second kappa shape index (κ2) is 7.51. The molecule has 4 aromatic rings. The van der Waals surface area contributed by atoms with Crippen LogP contribution in [0.3, 0.4) is 0 Å². The Kier molecular flexibility index (Phi) is 4.77. The molecular formula is C21H15ClN2O3. The number of para-hydroxylation sites is 1. The average molecular weight is 379 g/mol. The topological polar surface area (TPSA) is 64.4 Å². The van der Waals surface area contributed by atoms with Crippen molar-refractivity contribution in [1.29, 1.82) is 0 Å². The molecule has 2 aromatic heterocycles. The first-order chi connectivity index (χ1) is 13.2. The molecule has 0 aliphatic rings. The van der Waals surface area contributed by atoms with Crippen LogP contribution in [0.1, 0.15) is 16.1 Å². The van der Waals surface area contributed by atoms with E-state index in [-0.39, 0.29) is 18.3 Å². The molecule has 5 nitrogen and oxygen atoms in total. The van der Waals surface area contributed by atoms with Crippen LogP contribution in [0.4, 0.5) is 5.69 Å². The first-order valence-electron chi connectivity index (χ1n) is 8.30. The fourth-order valence-corrected chi connectivity index (χ4v) is 2.98. The second-order valence-electron chi connectivity index (χ2n) is 5.86. The van der Waals surface area contributed by atoms with Gasteiger partial charge in [0.2, 0.25) is 0 Å². The molecule has 0 saturated carbocycles. The van der Waals surface area contributed by atoms with E-state index in [2.05, 4.69) is 10.3 Å². The lowest BCUT2D eigenvalue weighted by Crippen LogP contribution is -2.14. The van der Waals surface area contributed by atoms with Crippen LogP contribution in [-0.2, 0) is 6.61 Å². The Hall–Kier alpha value is -3.31. The van der Waals surface area contributed by atoms with Crippen molar-refractivity contribution in [2.24, 2.45) is 0 Å². The summed E-state index contributed by atoms with van der Waals surface area (Å²) in [6, 6.07) is 18.3. The van der Waals surface area contributed by atoms with E-state index in [1.807, 2.05) is 42.5 Å². The van der Waals surface area contributed by atoms with Crippen molar-refractivity contribution in [3.8, 4) is 5.75 Å². The van der Waals surface area contributed by atoms with Crippen molar-refractivity contribution < 1.29 is 13.9 Å². The van der Waals surface area contributed by atoms with Gasteiger partial charge >= 0.3 is 0 Å². The SMILES string of the molecule is O=C(Nc1cc(Cl)cc2cccnc12)c1occc1COc1ccccc1. The van der Waals surface area contributed by atoms with Crippen molar-refractivity contribution in [3.63, 3.8) is 0 Å². The summed E-state index contributed by atoms with van der Waals surface area (Å²) < 4.78 is 11.1. The standard InChI is InChI=1S/C21H15ClN2O3/c22-16-11-14-5-4-9-23-19(14)18(12-16)24-21(25)20-15(8-10-26-20)13-27-17-6-2-1-3-7-17/h1-12H,13H2,(H,24,25). The Bertz CT molecular complexity index is 1090. The van der Waals surface area contributed by atoms with E-state index < -0.39 is 0 Å². The molecule has 0 bridgehead atoms. The van der Waals surface area contributed by atoms with Gasteiger partial charge in [0.25, 0.3) is 5.91 Å². The first-order valence-corrected chi connectivity index (χ1v) is 8.68. The number of ether oxygens (including phenoxy) is 1. The van der Waals surface area contributed by atoms with Gasteiger partial charge in [-0.2, -0.15) is 0 Å². The van der Waals surface area contributed by atoms with Crippen molar-refractivity contribution in [2.45, 2.75) is 6.61 Å². The van der Waals surface area contributed by atoms with Crippen LogP contribution in [0.5, 0.6) is 5.75 Å². The van der Waals surface area contributed by atoms with Gasteiger partial charge in [-0.3, -0.25) is 9.78 Å². The van der Waals surface area contributed by atoms with Crippen molar-refractivity contribution in [3.05, 3.63) is 89.5 Å². The van der Waals surface area contributed by atoms with Crippen LogP contribution in [0.2, 0.25) is 5.02 Å². The number of nitrogens with zero attached hydrogens (tertiary/aromatic N) is 1. The second-order valence-corrected chi connectivity index (χ2v) is 6.30. The van der Waals surface area contributed by atoms with Crippen LogP contribution in [-0.4, -0.2) is 10.9 Å². The maximum Gasteiger partial charge on any atom is 0.291 e. The Labute approximate surface area is 160 Å². The molecule has 4 rings (SSSR count). The predicted octanol–water partition coefficient (Wildman–Crippen LogP) is 5.31. The highest BCUT2D eigenvalue weighted by molar-refractivity contribution is 6.32. The van der Waals surface area contributed by atoms with Gasteiger partial charge in [0.1, 0.15) is 12.4 Å². The quantitative estimate of drug-likeness (QED) is 0.511. The summed E-state index contributed by atoms with van der Waals surface area (Å²) in [5, 5.41) is 4.18. The summed E-state index contributed by atoms with van der Waals surface area (Å²) in [6.45, 7) is 0.220. The number of carbonyl (C=O) groups excluding carboxylic acids is 1. The van der Waals surface area contributed by atoms with Crippen LogP contribution in [0.15, 0.2) is 77.5 Å². The van der Waals surface area contributed by atoms with E-state index in [4.69, 9.17) is 20.8 Å². The molecule has 27 heavy (non-hydrogen) atoms. The Morgan fingerprint density at radius 3 is 2.81 bits per heavy atom. The van der Waals surface area contributed by atoms with Crippen LogP contribution in [0.25, 0.3) is 10.9 Å². The highest BCUT2D eigenvalue weighted by atomic mass is 35.5. The zero-order valence-electron chi connectivity index (χ0n) is 14.2. The van der Waals surface area contributed by atoms with Gasteiger partial charge < -0.3 is 14.5 Å². The van der Waals surface area contributed by atoms with Gasteiger partial charge in [0.05, 0.1) is 17.5 Å². The third kappa shape index (κ3) is 3.78. The fourth-order valence-electron chi connectivity index (χ4n) is 2.76. The minimum absolute atomic E-state index is 0.190. The Morgan fingerprint density at radius 2 is 1.96 bits per heavy atom. The number of furan rings is 1. The molecule has 0 unspecified atom stereocenters. The number of nitrogens with one attached hydrogen (secondary N) is 1. The molecule has 1 amide bonds. The smallest absolute Gasteiger partial charge is 0.291 e. The molecule has 6 heteroatoms. The third-order valence-electron chi connectivity index (χ3n) is 4.01. The molecule has 2 heterocycles. The van der Waals surface area contributed by atoms with E-state index in [9.17, 15) is 4.79 Å². The number of benzene rings is 2. The maximum atomic E-state index is 12.7. The Morgan fingerprint density at radius 1 is 1.11 bits per heavy atom. The summed E-state index contributed by atoms with van der Waals surface area (Å²) in [4.78, 5) is 17.1. The molecule has 2 aromatic carbocycles. The van der Waals surface area contributed by atoms with Crippen LogP contribution in [0, 0.1) is 0 Å². The number of aromatic nitrogens is 1. The van der Waals surface area contributed by atoms with Gasteiger partial charge in [-0.25, -0.2) is 0 Å². The largest absolute Gasteiger partial charge is 0.489 e. The number of halogens is 1. The molecule has 0 aliphatic carbocycles. The maximum absolute atomic E-state index is 12.7. The molecule has 134 valence electrons. The van der Waals surface area contributed by atoms with E-state index in [1.54, 1.807) is 24.4 Å². The molecule has 0 radical (unpaired) electrons. The van der Waals surface area contributed by atoms with E-state index >= 15 is 0 Å². The number of carbonyl (C=O) groups is 1. The number of amides is 1. The molecule has 1 N–H and O–H groups in total. The highest BCUT2D eigenvalue weighted by Crippen LogP contribution is 2.27. The van der Waals surface area contributed by atoms with Crippen LogP contribution < -0.4 is 10.1 Å². The van der Waals surface area contributed by atoms with Crippen molar-refractivity contribution in [1.82, 2.24) is 4.98 Å². The number of anilines is 1. The van der Waals surface area contributed by atoms with Gasteiger partial charge in [-0.05, 0) is 36.4 Å². The van der Waals surface area contributed by atoms with Gasteiger partial charge in [0, 0.05) is 22.2 Å². The molecular weight excluding hydrogens is 364 g/mol. The number of pyridine rings is 1. The number of hydrogen-bond donors (Lipinski definition) is 1. The minimum Gasteiger partial charge on any atom is -0.489 e. The third-order valence-corrected chi connectivity index (χ3v) is 4.23. The number of rotatable bonds is 5. The summed E-state index contributed by atoms with van der Waals surface area (Å²) in [5.41, 5.74) is 1.83. The molecule has 0 fully saturated rings. The Balaban J connectivity index is 1.55. The first kappa shape index (κ1) is 17.1. The van der Waals surface area contributed by atoms with Crippen molar-refractivity contribution in [2.75, 3.05) is 5.32 Å². The lowest BCUT2D eigenvalue weighted by molar-refractivity contribution is 0.0993. The molecule has 0 atom stereocenters. The fraction of sp³-hybridized carbons (Fsp3) is 0.0476. The lowest BCUT2D eigenvalue weighted by atomic mass is 10.2. The molecule has 0 saturated heterocycles. The summed E-state index contributed by atoms with van der Waals surface area (Å²) in [5.74, 6) is 0.519. The molecule has 0 aliphatic heterocycles. The normalized spacial score (nSPS) is 10.7. The van der Waals surface area contributed by atoms with Gasteiger partial charge in [-0.15, -0.1) is 0 Å².